The Morgan fingerprint density at radius 1 is 0.863 bits per heavy atom. The average molecular weight is 697 g/mol. The molecular weight excluding hydrogens is 644 g/mol. The summed E-state index contributed by atoms with van der Waals surface area (Å²) in [5, 5.41) is 27.9. The summed E-state index contributed by atoms with van der Waals surface area (Å²) < 4.78 is 12.0. The number of aliphatic hydroxyl groups is 1. The molecule has 0 spiro atoms. The van der Waals surface area contributed by atoms with E-state index in [1.54, 1.807) is 12.1 Å². The van der Waals surface area contributed by atoms with Crippen molar-refractivity contribution in [3.05, 3.63) is 106 Å². The minimum Gasteiger partial charge on any atom is -0.506 e. The van der Waals surface area contributed by atoms with Crippen LogP contribution in [0.2, 0.25) is 0 Å². The number of hydrogen-bond donors (Lipinski definition) is 5. The smallest absolute Gasteiger partial charge is 0.408 e. The highest BCUT2D eigenvalue weighted by Crippen LogP contribution is 2.31. The molecule has 4 aromatic rings. The van der Waals surface area contributed by atoms with Crippen molar-refractivity contribution in [3.63, 3.8) is 0 Å². The number of amides is 1. The van der Waals surface area contributed by atoms with E-state index in [1.165, 1.54) is 31.4 Å². The summed E-state index contributed by atoms with van der Waals surface area (Å²) in [6.45, 7) is 4.95. The Balaban J connectivity index is 0.839. The molecule has 5 N–H and O–H groups in total. The number of H-pyrrole nitrogens is 1. The van der Waals surface area contributed by atoms with Gasteiger partial charge in [0.05, 0.1) is 24.3 Å². The van der Waals surface area contributed by atoms with E-state index in [0.29, 0.717) is 35.5 Å². The van der Waals surface area contributed by atoms with Crippen molar-refractivity contribution >= 4 is 17.0 Å². The molecule has 3 unspecified atom stereocenters. The molecule has 10 nitrogen and oxygen atoms in total. The van der Waals surface area contributed by atoms with Crippen LogP contribution in [0.3, 0.4) is 0 Å². The van der Waals surface area contributed by atoms with E-state index in [4.69, 9.17) is 9.47 Å². The number of unbranched alkanes of at least 4 members (excludes halogenated alkanes) is 6. The number of hydrogen-bond acceptors (Lipinski definition) is 8. The Morgan fingerprint density at radius 2 is 1.57 bits per heavy atom. The summed E-state index contributed by atoms with van der Waals surface area (Å²) in [6, 6.07) is 23.9. The number of aliphatic hydroxyl groups excluding tert-OH is 1. The fraction of sp³-hybridized carbons (Fsp3) is 0.463. The highest BCUT2D eigenvalue weighted by Gasteiger charge is 2.36. The lowest BCUT2D eigenvalue weighted by Gasteiger charge is -2.43. The van der Waals surface area contributed by atoms with Crippen molar-refractivity contribution in [1.82, 2.24) is 20.5 Å². The van der Waals surface area contributed by atoms with Gasteiger partial charge < -0.3 is 35.3 Å². The molecule has 2 bridgehead atoms. The predicted octanol–water partition coefficient (Wildman–Crippen LogP) is 6.58. The highest BCUT2D eigenvalue weighted by molar-refractivity contribution is 5.87. The number of aromatic nitrogens is 1. The van der Waals surface area contributed by atoms with E-state index >= 15 is 0 Å². The lowest BCUT2D eigenvalue weighted by Crippen LogP contribution is -2.52. The van der Waals surface area contributed by atoms with Crippen LogP contribution in [-0.2, 0) is 4.74 Å². The summed E-state index contributed by atoms with van der Waals surface area (Å²) in [5.41, 5.74) is 2.72. The van der Waals surface area contributed by atoms with Crippen LogP contribution < -0.4 is 20.9 Å². The summed E-state index contributed by atoms with van der Waals surface area (Å²) in [7, 11) is 0. The number of benzene rings is 3. The second-order valence-corrected chi connectivity index (χ2v) is 14.0. The van der Waals surface area contributed by atoms with Gasteiger partial charge in [0, 0.05) is 24.5 Å². The first-order valence-corrected chi connectivity index (χ1v) is 18.7. The minimum absolute atomic E-state index is 0.00780. The quantitative estimate of drug-likeness (QED) is 0.0737. The molecule has 272 valence electrons. The molecule has 4 heterocycles. The first-order chi connectivity index (χ1) is 24.9. The van der Waals surface area contributed by atoms with E-state index in [0.717, 1.165) is 81.6 Å². The number of ether oxygens (including phenoxy) is 2. The molecule has 3 aliphatic rings. The number of nitrogens with zero attached hydrogens (tertiary/aromatic N) is 1. The molecule has 3 fully saturated rings. The predicted molar refractivity (Wildman–Crippen MR) is 199 cm³/mol. The van der Waals surface area contributed by atoms with Gasteiger partial charge in [-0.05, 0) is 92.2 Å². The maximum Gasteiger partial charge on any atom is 0.408 e. The zero-order valence-electron chi connectivity index (χ0n) is 29.4. The monoisotopic (exact) mass is 696 g/mol. The van der Waals surface area contributed by atoms with Crippen molar-refractivity contribution in [2.24, 2.45) is 5.92 Å². The van der Waals surface area contributed by atoms with E-state index in [2.05, 4.69) is 20.5 Å². The van der Waals surface area contributed by atoms with Gasteiger partial charge in [0.15, 0.2) is 0 Å². The first kappa shape index (κ1) is 36.4. The second kappa shape index (κ2) is 18.2. The largest absolute Gasteiger partial charge is 0.506 e. The number of phenols is 1. The number of carbonyl (C=O) groups is 1. The van der Waals surface area contributed by atoms with Crippen molar-refractivity contribution in [3.8, 4) is 11.5 Å². The van der Waals surface area contributed by atoms with Gasteiger partial charge in [-0.1, -0.05) is 80.6 Å². The molecule has 0 saturated carbocycles. The SMILES string of the molecule is O=C(NC(c1ccccc1)c1ccc(OCCCCCCCCCNCC(O)c2ccc(O)c3[nH]c(=O)ccc23)cc1)OC1CN2CCC1CC2. The van der Waals surface area contributed by atoms with Gasteiger partial charge >= 0.3 is 6.09 Å². The van der Waals surface area contributed by atoms with Crippen molar-refractivity contribution < 1.29 is 24.5 Å². The molecule has 51 heavy (non-hydrogen) atoms. The lowest BCUT2D eigenvalue weighted by molar-refractivity contribution is -0.0336. The molecule has 7 rings (SSSR count). The third kappa shape index (κ3) is 10.1. The zero-order valence-corrected chi connectivity index (χ0v) is 29.4. The second-order valence-electron chi connectivity index (χ2n) is 14.0. The highest BCUT2D eigenvalue weighted by atomic mass is 16.6. The molecule has 3 aromatic carbocycles. The summed E-state index contributed by atoms with van der Waals surface area (Å²) >= 11 is 0. The van der Waals surface area contributed by atoms with Crippen molar-refractivity contribution in [1.29, 1.82) is 0 Å². The molecule has 1 aromatic heterocycles. The maximum absolute atomic E-state index is 13.1. The Bertz CT molecular complexity index is 1740. The number of aromatic amines is 1. The van der Waals surface area contributed by atoms with Crippen LogP contribution in [0.25, 0.3) is 10.9 Å². The Hall–Kier alpha value is -4.38. The van der Waals surface area contributed by atoms with Gasteiger partial charge in [0.1, 0.15) is 17.6 Å². The molecule has 0 radical (unpaired) electrons. The number of aromatic hydroxyl groups is 1. The van der Waals surface area contributed by atoms with Crippen LogP contribution in [0.4, 0.5) is 4.79 Å². The van der Waals surface area contributed by atoms with Gasteiger partial charge in [-0.2, -0.15) is 0 Å². The standard InChI is InChI=1S/C41H52N4O6/c46-35-19-17-33(34-18-20-38(48)43-40(34)35)36(47)27-42-23-9-4-2-1-3-5-10-26-50-32-15-13-31(14-16-32)39(30-11-7-6-8-12-30)44-41(49)51-37-28-45-24-21-29(37)22-25-45/h6-8,11-20,29,36-37,39,42,46-47H,1-5,9-10,21-28H2,(H,43,48)(H,44,49). The number of alkyl carbamates (subject to hydrolysis) is 1. The number of piperidine rings is 3. The molecule has 3 atom stereocenters. The fourth-order valence-corrected chi connectivity index (χ4v) is 7.42. The summed E-state index contributed by atoms with van der Waals surface area (Å²) in [6.07, 6.45) is 8.88. The van der Waals surface area contributed by atoms with Crippen LogP contribution in [0.1, 0.15) is 86.6 Å². The Labute approximate surface area is 300 Å². The van der Waals surface area contributed by atoms with Crippen LogP contribution in [0.15, 0.2) is 83.7 Å². The maximum atomic E-state index is 13.1. The van der Waals surface area contributed by atoms with Crippen LogP contribution in [-0.4, -0.2) is 71.6 Å². The number of carbonyl (C=O) groups excluding carboxylic acids is 1. The molecule has 0 aliphatic carbocycles. The third-order valence-electron chi connectivity index (χ3n) is 10.3. The fourth-order valence-electron chi connectivity index (χ4n) is 7.42. The van der Waals surface area contributed by atoms with Crippen LogP contribution in [0, 0.1) is 5.92 Å². The molecule has 3 aliphatic heterocycles. The van der Waals surface area contributed by atoms with Crippen LogP contribution in [0.5, 0.6) is 11.5 Å². The molecule has 10 heteroatoms. The zero-order chi connectivity index (χ0) is 35.4. The van der Waals surface area contributed by atoms with Gasteiger partial charge in [-0.25, -0.2) is 4.79 Å². The Morgan fingerprint density at radius 3 is 2.29 bits per heavy atom. The summed E-state index contributed by atoms with van der Waals surface area (Å²) in [4.78, 5) is 29.7. The van der Waals surface area contributed by atoms with Gasteiger partial charge in [0.25, 0.3) is 0 Å². The summed E-state index contributed by atoms with van der Waals surface area (Å²) in [5.74, 6) is 1.28. The van der Waals surface area contributed by atoms with Crippen molar-refractivity contribution in [2.45, 2.75) is 76.0 Å². The van der Waals surface area contributed by atoms with E-state index in [-0.39, 0.29) is 29.5 Å². The Kier molecular flexibility index (Phi) is 13.0. The number of pyridine rings is 1. The van der Waals surface area contributed by atoms with Gasteiger partial charge in [0.2, 0.25) is 5.56 Å². The first-order valence-electron chi connectivity index (χ1n) is 18.7. The van der Waals surface area contributed by atoms with Crippen LogP contribution >= 0.6 is 0 Å². The van der Waals surface area contributed by atoms with Gasteiger partial charge in [-0.15, -0.1) is 0 Å². The van der Waals surface area contributed by atoms with Crippen molar-refractivity contribution in [2.75, 3.05) is 39.3 Å². The lowest BCUT2D eigenvalue weighted by atomic mass is 9.86. The third-order valence-corrected chi connectivity index (χ3v) is 10.3. The van der Waals surface area contributed by atoms with E-state index in [9.17, 15) is 19.8 Å². The molecule has 1 amide bonds. The average Bonchev–Trinajstić information content (AvgIpc) is 3.15. The molecule has 3 saturated heterocycles. The van der Waals surface area contributed by atoms with Gasteiger partial charge in [-0.3, -0.25) is 9.69 Å². The molecular formula is C41H52N4O6. The normalized spacial score (nSPS) is 19.4. The van der Waals surface area contributed by atoms with E-state index in [1.807, 2.05) is 54.6 Å². The topological polar surface area (TPSA) is 136 Å². The number of nitrogens with one attached hydrogen (secondary N) is 3. The number of phenolic OH excluding ortho intramolecular Hbond substituents is 1. The number of fused-ring (bicyclic) bond motifs is 4. The minimum atomic E-state index is -0.738. The van der Waals surface area contributed by atoms with E-state index < -0.39 is 6.10 Å². The number of rotatable bonds is 18.